The van der Waals surface area contributed by atoms with Gasteiger partial charge in [0.25, 0.3) is 0 Å². The summed E-state index contributed by atoms with van der Waals surface area (Å²) in [6.07, 6.45) is 1.04. The molecule has 3 nitrogen and oxygen atoms in total. The maximum atomic E-state index is 8.66. The molecule has 3 heteroatoms. The molecule has 0 amide bonds. The van der Waals surface area contributed by atoms with E-state index >= 15 is 0 Å². The maximum Gasteiger partial charge on any atom is 0.0992 e. The number of hydrogen-bond donors (Lipinski definition) is 2. The Morgan fingerprint density at radius 3 is 2.79 bits per heavy atom. The van der Waals surface area contributed by atoms with Gasteiger partial charge in [-0.1, -0.05) is 6.92 Å². The fourth-order valence-electron chi connectivity index (χ4n) is 1.13. The summed E-state index contributed by atoms with van der Waals surface area (Å²) in [7, 11) is 0. The first-order valence-electron chi connectivity index (χ1n) is 4.73. The van der Waals surface area contributed by atoms with Gasteiger partial charge in [0.1, 0.15) is 0 Å². The van der Waals surface area contributed by atoms with Crippen molar-refractivity contribution in [1.29, 1.82) is 5.26 Å². The third-order valence-electron chi connectivity index (χ3n) is 2.19. The van der Waals surface area contributed by atoms with Gasteiger partial charge in [0.15, 0.2) is 0 Å². The van der Waals surface area contributed by atoms with Crippen LogP contribution in [0.3, 0.4) is 0 Å². The van der Waals surface area contributed by atoms with Crippen LogP contribution in [0.25, 0.3) is 0 Å². The molecule has 0 aliphatic heterocycles. The molecule has 0 bridgehead atoms. The van der Waals surface area contributed by atoms with Crippen LogP contribution in [0.1, 0.15) is 25.8 Å². The summed E-state index contributed by atoms with van der Waals surface area (Å²) in [5, 5.41) is 11.9. The van der Waals surface area contributed by atoms with Gasteiger partial charge in [-0.15, -0.1) is 0 Å². The number of nitriles is 1. The van der Waals surface area contributed by atoms with E-state index in [1.54, 1.807) is 12.1 Å². The van der Waals surface area contributed by atoms with E-state index in [0.29, 0.717) is 17.3 Å². The van der Waals surface area contributed by atoms with Crippen molar-refractivity contribution in [2.75, 3.05) is 11.1 Å². The Bertz CT molecular complexity index is 352. The molecule has 0 aliphatic rings. The lowest BCUT2D eigenvalue weighted by Gasteiger charge is -2.14. The van der Waals surface area contributed by atoms with E-state index in [1.165, 1.54) is 0 Å². The number of anilines is 2. The molecule has 0 heterocycles. The predicted octanol–water partition coefficient (Wildman–Crippen LogP) is 2.35. The molecular formula is C11H15N3. The molecule has 0 fully saturated rings. The third-order valence-corrected chi connectivity index (χ3v) is 2.19. The first-order chi connectivity index (χ1) is 6.67. The second-order valence-corrected chi connectivity index (χ2v) is 3.37. The zero-order valence-corrected chi connectivity index (χ0v) is 8.54. The molecule has 3 N–H and O–H groups in total. The van der Waals surface area contributed by atoms with Crippen LogP contribution in [0.4, 0.5) is 11.4 Å². The number of nitrogens with two attached hydrogens (primary N) is 1. The monoisotopic (exact) mass is 189 g/mol. The molecule has 1 aromatic carbocycles. The highest BCUT2D eigenvalue weighted by atomic mass is 14.9. The van der Waals surface area contributed by atoms with Gasteiger partial charge < -0.3 is 11.1 Å². The van der Waals surface area contributed by atoms with Gasteiger partial charge in [-0.3, -0.25) is 0 Å². The van der Waals surface area contributed by atoms with Crippen LogP contribution in [0, 0.1) is 11.3 Å². The molecule has 0 aliphatic carbocycles. The van der Waals surface area contributed by atoms with Crippen LogP contribution < -0.4 is 11.1 Å². The number of rotatable bonds is 3. The van der Waals surface area contributed by atoms with Crippen LogP contribution in [0.5, 0.6) is 0 Å². The second-order valence-electron chi connectivity index (χ2n) is 3.37. The van der Waals surface area contributed by atoms with E-state index in [9.17, 15) is 0 Å². The molecule has 0 radical (unpaired) electrons. The summed E-state index contributed by atoms with van der Waals surface area (Å²) in [5.74, 6) is 0. The number of benzene rings is 1. The van der Waals surface area contributed by atoms with Crippen LogP contribution in [0.2, 0.25) is 0 Å². The first-order valence-corrected chi connectivity index (χ1v) is 4.73. The molecule has 74 valence electrons. The second kappa shape index (κ2) is 4.52. The Morgan fingerprint density at radius 1 is 1.57 bits per heavy atom. The Morgan fingerprint density at radius 2 is 2.29 bits per heavy atom. The van der Waals surface area contributed by atoms with E-state index in [4.69, 9.17) is 11.0 Å². The van der Waals surface area contributed by atoms with Gasteiger partial charge in [-0.2, -0.15) is 5.26 Å². The van der Waals surface area contributed by atoms with E-state index in [-0.39, 0.29) is 0 Å². The highest BCUT2D eigenvalue weighted by Gasteiger charge is 2.03. The van der Waals surface area contributed by atoms with Crippen LogP contribution in [-0.2, 0) is 0 Å². The van der Waals surface area contributed by atoms with E-state index < -0.39 is 0 Å². The molecule has 14 heavy (non-hydrogen) atoms. The summed E-state index contributed by atoms with van der Waals surface area (Å²) in [5.41, 5.74) is 7.91. The normalized spacial score (nSPS) is 11.8. The van der Waals surface area contributed by atoms with E-state index in [0.717, 1.165) is 12.1 Å². The summed E-state index contributed by atoms with van der Waals surface area (Å²) >= 11 is 0. The molecule has 1 atom stereocenters. The van der Waals surface area contributed by atoms with E-state index in [1.807, 2.05) is 6.07 Å². The standard InChI is InChI=1S/C11H15N3/c1-3-8(2)14-11-5-4-9(7-12)6-10(11)13/h4-6,8,14H,3,13H2,1-2H3/t8-/m0/s1. The van der Waals surface area contributed by atoms with Gasteiger partial charge in [0.2, 0.25) is 0 Å². The maximum absolute atomic E-state index is 8.66. The topological polar surface area (TPSA) is 61.8 Å². The van der Waals surface area contributed by atoms with Crippen molar-refractivity contribution < 1.29 is 0 Å². The highest BCUT2D eigenvalue weighted by Crippen LogP contribution is 2.20. The zero-order valence-electron chi connectivity index (χ0n) is 8.54. The van der Waals surface area contributed by atoms with Crippen LogP contribution >= 0.6 is 0 Å². The summed E-state index contributed by atoms with van der Waals surface area (Å²) in [4.78, 5) is 0. The summed E-state index contributed by atoms with van der Waals surface area (Å²) in [6, 6.07) is 7.75. The van der Waals surface area contributed by atoms with Crippen molar-refractivity contribution in [3.63, 3.8) is 0 Å². The van der Waals surface area contributed by atoms with Crippen molar-refractivity contribution >= 4 is 11.4 Å². The lowest BCUT2D eigenvalue weighted by atomic mass is 10.1. The van der Waals surface area contributed by atoms with Crippen molar-refractivity contribution in [2.45, 2.75) is 26.3 Å². The van der Waals surface area contributed by atoms with Gasteiger partial charge in [-0.25, -0.2) is 0 Å². The summed E-state index contributed by atoms with van der Waals surface area (Å²) in [6.45, 7) is 4.20. The fraction of sp³-hybridized carbons (Fsp3) is 0.364. The Hall–Kier alpha value is -1.69. The van der Waals surface area contributed by atoms with Crippen molar-refractivity contribution in [3.05, 3.63) is 23.8 Å². The van der Waals surface area contributed by atoms with Crippen molar-refractivity contribution in [3.8, 4) is 6.07 Å². The lowest BCUT2D eigenvalue weighted by Crippen LogP contribution is -2.14. The first kappa shape index (κ1) is 10.4. The minimum atomic E-state index is 0.394. The van der Waals surface area contributed by atoms with Gasteiger partial charge >= 0.3 is 0 Å². The molecule has 0 spiro atoms. The summed E-state index contributed by atoms with van der Waals surface area (Å²) < 4.78 is 0. The molecule has 1 aromatic rings. The average Bonchev–Trinajstić information content (AvgIpc) is 2.20. The van der Waals surface area contributed by atoms with Crippen LogP contribution in [0.15, 0.2) is 18.2 Å². The molecular weight excluding hydrogens is 174 g/mol. The Kier molecular flexibility index (Phi) is 3.35. The van der Waals surface area contributed by atoms with Gasteiger partial charge in [-0.05, 0) is 31.5 Å². The Labute approximate surface area is 84.5 Å². The molecule has 0 unspecified atom stereocenters. The van der Waals surface area contributed by atoms with E-state index in [2.05, 4.69) is 25.2 Å². The minimum Gasteiger partial charge on any atom is -0.397 e. The predicted molar refractivity (Wildman–Crippen MR) is 58.9 cm³/mol. The minimum absolute atomic E-state index is 0.394. The number of nitrogens with one attached hydrogen (secondary N) is 1. The largest absolute Gasteiger partial charge is 0.397 e. The average molecular weight is 189 g/mol. The number of nitrogen functional groups attached to an aromatic ring is 1. The highest BCUT2D eigenvalue weighted by molar-refractivity contribution is 5.68. The zero-order chi connectivity index (χ0) is 10.6. The SMILES string of the molecule is CC[C@H](C)Nc1ccc(C#N)cc1N. The molecule has 0 aromatic heterocycles. The van der Waals surface area contributed by atoms with Gasteiger partial charge in [0.05, 0.1) is 23.0 Å². The quantitative estimate of drug-likeness (QED) is 0.717. The van der Waals surface area contributed by atoms with Crippen LogP contribution in [-0.4, -0.2) is 6.04 Å². The lowest BCUT2D eigenvalue weighted by molar-refractivity contribution is 0.764. The number of nitrogens with zero attached hydrogens (tertiary/aromatic N) is 1. The smallest absolute Gasteiger partial charge is 0.0992 e. The number of hydrogen-bond acceptors (Lipinski definition) is 3. The molecule has 0 saturated heterocycles. The van der Waals surface area contributed by atoms with Crippen molar-refractivity contribution in [1.82, 2.24) is 0 Å². The molecule has 1 rings (SSSR count). The molecule has 0 saturated carbocycles. The van der Waals surface area contributed by atoms with Gasteiger partial charge in [0, 0.05) is 6.04 Å². The fourth-order valence-corrected chi connectivity index (χ4v) is 1.13. The third kappa shape index (κ3) is 2.40. The Balaban J connectivity index is 2.85. The van der Waals surface area contributed by atoms with Crippen molar-refractivity contribution in [2.24, 2.45) is 0 Å².